The molecule has 0 saturated heterocycles. The molecule has 0 aliphatic heterocycles. The summed E-state index contributed by atoms with van der Waals surface area (Å²) in [7, 11) is 0. The molecule has 2 N–H and O–H groups in total. The van der Waals surface area contributed by atoms with Gasteiger partial charge in [0.25, 0.3) is 5.91 Å². The van der Waals surface area contributed by atoms with Gasteiger partial charge in [-0.2, -0.15) is 4.80 Å². The van der Waals surface area contributed by atoms with Crippen molar-refractivity contribution in [2.24, 2.45) is 5.92 Å². The summed E-state index contributed by atoms with van der Waals surface area (Å²) in [6.07, 6.45) is 0. The van der Waals surface area contributed by atoms with Crippen LogP contribution in [0.15, 0.2) is 66.7 Å². The van der Waals surface area contributed by atoms with E-state index in [0.717, 1.165) is 0 Å². The second kappa shape index (κ2) is 9.74. The fourth-order valence-electron chi connectivity index (χ4n) is 3.01. The summed E-state index contributed by atoms with van der Waals surface area (Å²) in [6, 6.07) is 18.2. The standard InChI is InChI=1S/C24H22FN5O2S/c1-15(2)14-32-20-5-3-4-16(12-20)23(31)27-24(33)26-18-8-11-21-22(13-18)29-30(28-21)19-9-6-17(25)7-10-19/h3-13,15H,14H2,1-2H3,(H2,26,27,31,33). The lowest BCUT2D eigenvalue weighted by molar-refractivity contribution is 0.0977. The molecule has 168 valence electrons. The predicted octanol–water partition coefficient (Wildman–Crippen LogP) is 4.72. The summed E-state index contributed by atoms with van der Waals surface area (Å²) in [5.41, 5.74) is 3.02. The Morgan fingerprint density at radius 2 is 1.82 bits per heavy atom. The van der Waals surface area contributed by atoms with Gasteiger partial charge in [0.15, 0.2) is 5.11 Å². The average Bonchev–Trinajstić information content (AvgIpc) is 3.21. The van der Waals surface area contributed by atoms with Crippen LogP contribution in [0.5, 0.6) is 5.75 Å². The minimum absolute atomic E-state index is 0.152. The molecule has 1 heterocycles. The molecule has 0 radical (unpaired) electrons. The Kier molecular flexibility index (Phi) is 6.60. The molecule has 0 aliphatic carbocycles. The van der Waals surface area contributed by atoms with Crippen molar-refractivity contribution in [2.45, 2.75) is 13.8 Å². The van der Waals surface area contributed by atoms with Crippen LogP contribution >= 0.6 is 12.2 Å². The van der Waals surface area contributed by atoms with Crippen LogP contribution in [0, 0.1) is 11.7 Å². The normalized spacial score (nSPS) is 10.9. The monoisotopic (exact) mass is 463 g/mol. The van der Waals surface area contributed by atoms with Gasteiger partial charge < -0.3 is 10.1 Å². The lowest BCUT2D eigenvalue weighted by Crippen LogP contribution is -2.34. The van der Waals surface area contributed by atoms with Crippen LogP contribution < -0.4 is 15.4 Å². The topological polar surface area (TPSA) is 81.1 Å². The van der Waals surface area contributed by atoms with Crippen LogP contribution in [-0.4, -0.2) is 32.6 Å². The predicted molar refractivity (Wildman–Crippen MR) is 129 cm³/mol. The summed E-state index contributed by atoms with van der Waals surface area (Å²) in [4.78, 5) is 14.0. The van der Waals surface area contributed by atoms with E-state index in [4.69, 9.17) is 17.0 Å². The number of carbonyl (C=O) groups excluding carboxylic acids is 1. The Bertz CT molecular complexity index is 1300. The molecule has 0 fully saturated rings. The number of thiocarbonyl (C=S) groups is 1. The summed E-state index contributed by atoms with van der Waals surface area (Å²) in [5.74, 6) is 0.344. The molecule has 7 nitrogen and oxygen atoms in total. The Hall–Kier alpha value is -3.85. The zero-order chi connectivity index (χ0) is 23.4. The molecule has 0 atom stereocenters. The molecule has 33 heavy (non-hydrogen) atoms. The van der Waals surface area contributed by atoms with E-state index in [2.05, 4.69) is 34.7 Å². The molecule has 4 aromatic rings. The van der Waals surface area contributed by atoms with E-state index >= 15 is 0 Å². The van der Waals surface area contributed by atoms with E-state index in [0.29, 0.717) is 46.2 Å². The van der Waals surface area contributed by atoms with Crippen molar-refractivity contribution >= 4 is 40.0 Å². The summed E-state index contributed by atoms with van der Waals surface area (Å²) in [5, 5.41) is 14.6. The van der Waals surface area contributed by atoms with Crippen LogP contribution in [0.3, 0.4) is 0 Å². The number of fused-ring (bicyclic) bond motifs is 1. The van der Waals surface area contributed by atoms with E-state index in [1.807, 2.05) is 6.07 Å². The number of hydrogen-bond acceptors (Lipinski definition) is 5. The fourth-order valence-corrected chi connectivity index (χ4v) is 3.22. The Balaban J connectivity index is 1.41. The molecular weight excluding hydrogens is 441 g/mol. The number of anilines is 1. The van der Waals surface area contributed by atoms with Crippen LogP contribution in [0.2, 0.25) is 0 Å². The summed E-state index contributed by atoms with van der Waals surface area (Å²) >= 11 is 5.30. The van der Waals surface area contributed by atoms with Crippen molar-refractivity contribution in [1.29, 1.82) is 0 Å². The molecule has 4 rings (SSSR count). The third-order valence-corrected chi connectivity index (χ3v) is 4.81. The molecule has 0 spiro atoms. The lowest BCUT2D eigenvalue weighted by Gasteiger charge is -2.11. The highest BCUT2D eigenvalue weighted by molar-refractivity contribution is 7.80. The van der Waals surface area contributed by atoms with Crippen LogP contribution in [0.25, 0.3) is 16.7 Å². The third-order valence-electron chi connectivity index (χ3n) is 4.60. The first-order valence-corrected chi connectivity index (χ1v) is 10.8. The molecule has 1 amide bonds. The summed E-state index contributed by atoms with van der Waals surface area (Å²) in [6.45, 7) is 4.68. The van der Waals surface area contributed by atoms with Gasteiger partial charge in [-0.15, -0.1) is 10.2 Å². The second-order valence-corrected chi connectivity index (χ2v) is 8.22. The van der Waals surface area contributed by atoms with E-state index in [-0.39, 0.29) is 16.8 Å². The number of hydrogen-bond donors (Lipinski definition) is 2. The maximum absolute atomic E-state index is 13.2. The number of halogens is 1. The first-order valence-electron chi connectivity index (χ1n) is 10.4. The fraction of sp³-hybridized carbons (Fsp3) is 0.167. The number of rotatable bonds is 6. The van der Waals surface area contributed by atoms with Crippen molar-refractivity contribution < 1.29 is 13.9 Å². The summed E-state index contributed by atoms with van der Waals surface area (Å²) < 4.78 is 18.8. The maximum Gasteiger partial charge on any atom is 0.257 e. The van der Waals surface area contributed by atoms with Gasteiger partial charge >= 0.3 is 0 Å². The van der Waals surface area contributed by atoms with Crippen molar-refractivity contribution in [3.05, 3.63) is 78.1 Å². The number of nitrogens with one attached hydrogen (secondary N) is 2. The molecular formula is C24H22FN5O2S. The van der Waals surface area contributed by atoms with Gasteiger partial charge in [0.2, 0.25) is 0 Å². The van der Waals surface area contributed by atoms with Gasteiger partial charge in [-0.1, -0.05) is 19.9 Å². The van der Waals surface area contributed by atoms with Gasteiger partial charge in [0.05, 0.1) is 12.3 Å². The number of nitrogens with zero attached hydrogens (tertiary/aromatic N) is 3. The largest absolute Gasteiger partial charge is 0.493 e. The van der Waals surface area contributed by atoms with Gasteiger partial charge in [0, 0.05) is 11.3 Å². The van der Waals surface area contributed by atoms with Gasteiger partial charge in [-0.05, 0) is 78.8 Å². The van der Waals surface area contributed by atoms with Crippen LogP contribution in [-0.2, 0) is 0 Å². The SMILES string of the molecule is CC(C)COc1cccc(C(=O)NC(=S)Nc2ccc3nn(-c4ccc(F)cc4)nc3c2)c1. The zero-order valence-electron chi connectivity index (χ0n) is 18.1. The Morgan fingerprint density at radius 3 is 2.58 bits per heavy atom. The Labute approximate surface area is 195 Å². The third kappa shape index (κ3) is 5.69. The average molecular weight is 464 g/mol. The molecule has 0 bridgehead atoms. The highest BCUT2D eigenvalue weighted by Crippen LogP contribution is 2.18. The van der Waals surface area contributed by atoms with Crippen LogP contribution in [0.4, 0.5) is 10.1 Å². The van der Waals surface area contributed by atoms with E-state index in [9.17, 15) is 9.18 Å². The van der Waals surface area contributed by atoms with Gasteiger partial charge in [-0.3, -0.25) is 10.1 Å². The highest BCUT2D eigenvalue weighted by Gasteiger charge is 2.11. The van der Waals surface area contributed by atoms with Gasteiger partial charge in [-0.25, -0.2) is 4.39 Å². The highest BCUT2D eigenvalue weighted by atomic mass is 32.1. The van der Waals surface area contributed by atoms with Gasteiger partial charge in [0.1, 0.15) is 22.6 Å². The number of carbonyl (C=O) groups is 1. The molecule has 0 aliphatic rings. The van der Waals surface area contributed by atoms with Crippen LogP contribution in [0.1, 0.15) is 24.2 Å². The zero-order valence-corrected chi connectivity index (χ0v) is 18.9. The van der Waals surface area contributed by atoms with E-state index in [1.165, 1.54) is 16.9 Å². The first kappa shape index (κ1) is 22.3. The quantitative estimate of drug-likeness (QED) is 0.403. The minimum atomic E-state index is -0.342. The number of aromatic nitrogens is 3. The molecule has 0 unspecified atom stereocenters. The minimum Gasteiger partial charge on any atom is -0.493 e. The van der Waals surface area contributed by atoms with E-state index in [1.54, 1.807) is 48.5 Å². The molecule has 3 aromatic carbocycles. The van der Waals surface area contributed by atoms with Crippen molar-refractivity contribution in [1.82, 2.24) is 20.3 Å². The molecule has 9 heteroatoms. The van der Waals surface area contributed by atoms with Crippen molar-refractivity contribution in [3.63, 3.8) is 0 Å². The maximum atomic E-state index is 13.2. The number of benzene rings is 3. The second-order valence-electron chi connectivity index (χ2n) is 7.81. The number of ether oxygens (including phenoxy) is 1. The smallest absolute Gasteiger partial charge is 0.257 e. The van der Waals surface area contributed by atoms with E-state index < -0.39 is 0 Å². The Morgan fingerprint density at radius 1 is 1.06 bits per heavy atom. The lowest BCUT2D eigenvalue weighted by atomic mass is 10.2. The molecule has 1 aromatic heterocycles. The van der Waals surface area contributed by atoms with Crippen molar-refractivity contribution in [3.8, 4) is 11.4 Å². The number of amides is 1. The van der Waals surface area contributed by atoms with Crippen molar-refractivity contribution in [2.75, 3.05) is 11.9 Å². The molecule has 0 saturated carbocycles. The first-order chi connectivity index (χ1) is 15.9.